The van der Waals surface area contributed by atoms with E-state index < -0.39 is 11.9 Å². The molecule has 0 aliphatic heterocycles. The Morgan fingerprint density at radius 3 is 2.58 bits per heavy atom. The lowest BCUT2D eigenvalue weighted by molar-refractivity contribution is -0.138. The van der Waals surface area contributed by atoms with Crippen LogP contribution in [0, 0.1) is 5.92 Å². The van der Waals surface area contributed by atoms with Crippen molar-refractivity contribution in [3.63, 3.8) is 0 Å². The molecule has 0 aliphatic carbocycles. The molecule has 0 radical (unpaired) electrons. The molecule has 2 aromatic carbocycles. The quantitative estimate of drug-likeness (QED) is 0.605. The molecule has 0 bridgehead atoms. The van der Waals surface area contributed by atoms with Gasteiger partial charge in [-0.05, 0) is 30.3 Å². The number of benzene rings is 2. The van der Waals surface area contributed by atoms with Gasteiger partial charge in [-0.3, -0.25) is 14.2 Å². The number of imidazole rings is 1. The number of amides is 1. The summed E-state index contributed by atoms with van der Waals surface area (Å²) in [6.07, 6.45) is 1.42. The van der Waals surface area contributed by atoms with E-state index in [1.807, 2.05) is 41.0 Å². The summed E-state index contributed by atoms with van der Waals surface area (Å²) in [6.45, 7) is -0.347. The number of carboxylic acid groups (broad SMARTS) is 1. The average Bonchev–Trinajstić information content (AvgIpc) is 3.04. The van der Waals surface area contributed by atoms with Crippen molar-refractivity contribution in [1.82, 2.24) is 9.55 Å². The summed E-state index contributed by atoms with van der Waals surface area (Å²) >= 11 is 0. The number of rotatable bonds is 7. The van der Waals surface area contributed by atoms with E-state index in [-0.39, 0.29) is 25.4 Å². The van der Waals surface area contributed by atoms with Crippen molar-refractivity contribution in [3.05, 3.63) is 54.9 Å². The van der Waals surface area contributed by atoms with Gasteiger partial charge in [-0.25, -0.2) is 4.98 Å². The average molecular weight is 353 g/mol. The van der Waals surface area contributed by atoms with Crippen molar-refractivity contribution >= 4 is 28.6 Å². The second kappa shape index (κ2) is 7.79. The predicted molar refractivity (Wildman–Crippen MR) is 97.1 cm³/mol. The highest BCUT2D eigenvalue weighted by molar-refractivity contribution is 5.93. The van der Waals surface area contributed by atoms with Gasteiger partial charge in [0.05, 0.1) is 17.5 Å². The fourth-order valence-corrected chi connectivity index (χ4v) is 2.81. The van der Waals surface area contributed by atoms with E-state index >= 15 is 0 Å². The first kappa shape index (κ1) is 17.6. The van der Waals surface area contributed by atoms with Crippen molar-refractivity contribution in [1.29, 1.82) is 0 Å². The lowest BCUT2D eigenvalue weighted by atomic mass is 10.0. The molecule has 3 N–H and O–H groups in total. The number of hydrogen-bond acceptors (Lipinski definition) is 4. The van der Waals surface area contributed by atoms with Crippen LogP contribution in [0.1, 0.15) is 12.8 Å². The molecule has 26 heavy (non-hydrogen) atoms. The number of aliphatic carboxylic acids is 1. The number of carbonyl (C=O) groups is 2. The van der Waals surface area contributed by atoms with Crippen molar-refractivity contribution in [3.8, 4) is 5.69 Å². The molecule has 1 heterocycles. The standard InChI is InChI=1S/C19H19N3O4/c23-11-13(9-19(25)26)8-18(24)21-14-6-7-17-16(10-14)20-12-22(17)15-4-2-1-3-5-15/h1-7,10,12-13,23H,8-9,11H2,(H,21,24)(H,25,26). The van der Waals surface area contributed by atoms with Crippen LogP contribution in [-0.2, 0) is 9.59 Å². The number of carboxylic acids is 1. The maximum absolute atomic E-state index is 12.1. The van der Waals surface area contributed by atoms with Crippen LogP contribution < -0.4 is 5.32 Å². The highest BCUT2D eigenvalue weighted by atomic mass is 16.4. The molecule has 7 heteroatoms. The van der Waals surface area contributed by atoms with Gasteiger partial charge in [-0.15, -0.1) is 0 Å². The fourth-order valence-electron chi connectivity index (χ4n) is 2.81. The highest BCUT2D eigenvalue weighted by Gasteiger charge is 2.17. The fraction of sp³-hybridized carbons (Fsp3) is 0.211. The third-order valence-electron chi connectivity index (χ3n) is 4.06. The number of hydrogen-bond donors (Lipinski definition) is 3. The van der Waals surface area contributed by atoms with E-state index in [2.05, 4.69) is 10.3 Å². The third kappa shape index (κ3) is 4.07. The molecule has 0 saturated carbocycles. The molecule has 0 fully saturated rings. The van der Waals surface area contributed by atoms with Gasteiger partial charge in [0.25, 0.3) is 0 Å². The maximum atomic E-state index is 12.1. The second-order valence-corrected chi connectivity index (χ2v) is 6.05. The molecular weight excluding hydrogens is 334 g/mol. The van der Waals surface area contributed by atoms with Crippen molar-refractivity contribution in [2.24, 2.45) is 5.92 Å². The van der Waals surface area contributed by atoms with Crippen LogP contribution in [0.4, 0.5) is 5.69 Å². The Morgan fingerprint density at radius 1 is 1.12 bits per heavy atom. The third-order valence-corrected chi connectivity index (χ3v) is 4.06. The molecule has 7 nitrogen and oxygen atoms in total. The van der Waals surface area contributed by atoms with Crippen LogP contribution in [0.5, 0.6) is 0 Å². The summed E-state index contributed by atoms with van der Waals surface area (Å²) < 4.78 is 1.95. The molecular formula is C19H19N3O4. The van der Waals surface area contributed by atoms with Crippen molar-refractivity contribution in [2.45, 2.75) is 12.8 Å². The van der Waals surface area contributed by atoms with Crippen molar-refractivity contribution in [2.75, 3.05) is 11.9 Å². The highest BCUT2D eigenvalue weighted by Crippen LogP contribution is 2.22. The number of fused-ring (bicyclic) bond motifs is 1. The van der Waals surface area contributed by atoms with Crippen LogP contribution in [0.2, 0.25) is 0 Å². The van der Waals surface area contributed by atoms with Gasteiger partial charge < -0.3 is 15.5 Å². The van der Waals surface area contributed by atoms with E-state index in [1.165, 1.54) is 0 Å². The molecule has 1 amide bonds. The minimum atomic E-state index is -1.04. The summed E-state index contributed by atoms with van der Waals surface area (Å²) in [6, 6.07) is 15.2. The number of anilines is 1. The minimum Gasteiger partial charge on any atom is -0.481 e. The van der Waals surface area contributed by atoms with Gasteiger partial charge in [0.15, 0.2) is 0 Å². The monoisotopic (exact) mass is 353 g/mol. The molecule has 3 rings (SSSR count). The Hall–Kier alpha value is -3.19. The zero-order chi connectivity index (χ0) is 18.5. The smallest absolute Gasteiger partial charge is 0.303 e. The lowest BCUT2D eigenvalue weighted by Gasteiger charge is -2.12. The van der Waals surface area contributed by atoms with E-state index in [0.29, 0.717) is 5.69 Å². The Kier molecular flexibility index (Phi) is 5.28. The topological polar surface area (TPSA) is 104 Å². The molecule has 134 valence electrons. The zero-order valence-electron chi connectivity index (χ0n) is 14.0. The summed E-state index contributed by atoms with van der Waals surface area (Å²) in [7, 11) is 0. The molecule has 0 saturated heterocycles. The van der Waals surface area contributed by atoms with Gasteiger partial charge in [-0.1, -0.05) is 18.2 Å². The minimum absolute atomic E-state index is 0.0563. The zero-order valence-corrected chi connectivity index (χ0v) is 14.0. The first-order chi connectivity index (χ1) is 12.6. The van der Waals surface area contributed by atoms with Crippen molar-refractivity contribution < 1.29 is 19.8 Å². The Morgan fingerprint density at radius 2 is 1.88 bits per heavy atom. The number of para-hydroxylation sites is 1. The molecule has 1 unspecified atom stereocenters. The van der Waals surface area contributed by atoms with Gasteiger partial charge in [0, 0.05) is 30.3 Å². The van der Waals surface area contributed by atoms with Crippen LogP contribution in [-0.4, -0.2) is 38.2 Å². The van der Waals surface area contributed by atoms with Gasteiger partial charge >= 0.3 is 5.97 Å². The normalized spacial score (nSPS) is 12.0. The molecule has 1 atom stereocenters. The van der Waals surface area contributed by atoms with E-state index in [0.717, 1.165) is 16.7 Å². The SMILES string of the molecule is O=C(O)CC(CO)CC(=O)Nc1ccc2c(c1)ncn2-c1ccccc1. The summed E-state index contributed by atoms with van der Waals surface area (Å²) in [5.41, 5.74) is 3.21. The number of nitrogens with one attached hydrogen (secondary N) is 1. The lowest BCUT2D eigenvalue weighted by Crippen LogP contribution is -2.21. The second-order valence-electron chi connectivity index (χ2n) is 6.05. The summed E-state index contributed by atoms with van der Waals surface area (Å²) in [4.78, 5) is 27.2. The summed E-state index contributed by atoms with van der Waals surface area (Å²) in [5, 5.41) is 20.7. The van der Waals surface area contributed by atoms with Crippen LogP contribution in [0.25, 0.3) is 16.7 Å². The maximum Gasteiger partial charge on any atom is 0.303 e. The number of aliphatic hydroxyl groups is 1. The van der Waals surface area contributed by atoms with E-state index in [1.54, 1.807) is 18.5 Å². The molecule has 0 spiro atoms. The van der Waals surface area contributed by atoms with Gasteiger partial charge in [0.2, 0.25) is 5.91 Å². The predicted octanol–water partition coefficient (Wildman–Crippen LogP) is 2.44. The number of aromatic nitrogens is 2. The van der Waals surface area contributed by atoms with E-state index in [9.17, 15) is 14.7 Å². The molecule has 1 aromatic heterocycles. The first-order valence-electron chi connectivity index (χ1n) is 8.22. The first-order valence-corrected chi connectivity index (χ1v) is 8.22. The summed E-state index contributed by atoms with van der Waals surface area (Å²) in [5.74, 6) is -1.98. The van der Waals surface area contributed by atoms with Gasteiger partial charge in [-0.2, -0.15) is 0 Å². The molecule has 0 aliphatic rings. The Labute approximate surface area is 149 Å². The number of aliphatic hydroxyl groups excluding tert-OH is 1. The number of carbonyl (C=O) groups excluding carboxylic acids is 1. The largest absolute Gasteiger partial charge is 0.481 e. The van der Waals surface area contributed by atoms with E-state index in [4.69, 9.17) is 5.11 Å². The number of nitrogens with zero attached hydrogens (tertiary/aromatic N) is 2. The molecule has 3 aromatic rings. The van der Waals surface area contributed by atoms with Crippen LogP contribution in [0.3, 0.4) is 0 Å². The Balaban J connectivity index is 1.74. The Bertz CT molecular complexity index is 921. The van der Waals surface area contributed by atoms with Gasteiger partial charge in [0.1, 0.15) is 6.33 Å². The van der Waals surface area contributed by atoms with Crippen LogP contribution in [0.15, 0.2) is 54.9 Å². The van der Waals surface area contributed by atoms with Crippen LogP contribution >= 0.6 is 0 Å².